The average Bonchev–Trinajstić information content (AvgIpc) is 3.24. The van der Waals surface area contributed by atoms with Crippen LogP contribution < -0.4 is 10.2 Å². The largest absolute Gasteiger partial charge is 0.462 e. The first-order chi connectivity index (χ1) is 20.9. The molecular weight excluding hydrogens is 566 g/mol. The van der Waals surface area contributed by atoms with Gasteiger partial charge in [-0.2, -0.15) is 0 Å². The van der Waals surface area contributed by atoms with Crippen molar-refractivity contribution in [1.29, 1.82) is 0 Å². The van der Waals surface area contributed by atoms with Crippen molar-refractivity contribution in [1.82, 2.24) is 4.90 Å². The molecule has 0 unspecified atom stereocenters. The zero-order valence-corrected chi connectivity index (χ0v) is 24.1. The molecule has 216 valence electrons. The number of imide groups is 1. The van der Waals surface area contributed by atoms with Crippen molar-refractivity contribution in [3.8, 4) is 0 Å². The first-order valence-corrected chi connectivity index (χ1v) is 14.0. The van der Waals surface area contributed by atoms with Gasteiger partial charge in [0.15, 0.2) is 0 Å². The molecule has 4 aromatic rings. The summed E-state index contributed by atoms with van der Waals surface area (Å²) in [5, 5.41) is 2.63. The summed E-state index contributed by atoms with van der Waals surface area (Å²) in [7, 11) is 0. The van der Waals surface area contributed by atoms with E-state index in [1.165, 1.54) is 18.2 Å². The van der Waals surface area contributed by atoms with Gasteiger partial charge in [-0.3, -0.25) is 14.4 Å². The quantitative estimate of drug-likeness (QED) is 0.175. The summed E-state index contributed by atoms with van der Waals surface area (Å²) in [6.07, 6.45) is 0. The van der Waals surface area contributed by atoms with E-state index >= 15 is 0 Å². The molecule has 1 aliphatic rings. The summed E-state index contributed by atoms with van der Waals surface area (Å²) in [4.78, 5) is 54.7. The van der Waals surface area contributed by atoms with E-state index in [9.17, 15) is 19.2 Å². The molecule has 0 saturated carbocycles. The molecule has 1 N–H and O–H groups in total. The number of carbonyl (C=O) groups is 4. The van der Waals surface area contributed by atoms with Crippen molar-refractivity contribution >= 4 is 46.7 Å². The summed E-state index contributed by atoms with van der Waals surface area (Å²) in [6, 6.07) is 32.2. The average molecular weight is 594 g/mol. The predicted molar refractivity (Wildman–Crippen MR) is 164 cm³/mol. The standard InChI is InChI=1S/C34H28ClN3O5/c1-2-43-34(42)26-14-9-15-28(20-26)38-32(40)29(35)30(33(38)41)36-27-18-16-25(17-19-27)31(39)37(21-23-10-5-3-6-11-23)22-24-12-7-4-8-13-24/h3-20,36H,2,21-22H2,1H3. The number of halogens is 1. The van der Waals surface area contributed by atoms with Crippen LogP contribution in [-0.2, 0) is 27.4 Å². The molecule has 5 rings (SSSR count). The first kappa shape index (κ1) is 29.3. The van der Waals surface area contributed by atoms with Crippen LogP contribution >= 0.6 is 11.6 Å². The molecule has 9 heteroatoms. The minimum Gasteiger partial charge on any atom is -0.462 e. The molecule has 1 aliphatic heterocycles. The minimum absolute atomic E-state index is 0.109. The summed E-state index contributed by atoms with van der Waals surface area (Å²) in [6.45, 7) is 2.74. The predicted octanol–water partition coefficient (Wildman–Crippen LogP) is 6.14. The van der Waals surface area contributed by atoms with Crippen LogP contribution in [0.3, 0.4) is 0 Å². The van der Waals surface area contributed by atoms with Crippen molar-refractivity contribution in [2.24, 2.45) is 0 Å². The van der Waals surface area contributed by atoms with Gasteiger partial charge in [0.05, 0.1) is 17.9 Å². The van der Waals surface area contributed by atoms with E-state index in [-0.39, 0.29) is 34.5 Å². The number of ether oxygens (including phenoxy) is 1. The first-order valence-electron chi connectivity index (χ1n) is 13.7. The maximum absolute atomic E-state index is 13.6. The lowest BCUT2D eigenvalue weighted by Gasteiger charge is -2.23. The Morgan fingerprint density at radius 3 is 1.95 bits per heavy atom. The third-order valence-electron chi connectivity index (χ3n) is 6.76. The Bertz CT molecular complexity index is 1650. The SMILES string of the molecule is CCOC(=O)c1cccc(N2C(=O)C(Cl)=C(Nc3ccc(C(=O)N(Cc4ccccc4)Cc4ccccc4)cc3)C2=O)c1. The Morgan fingerprint density at radius 2 is 1.37 bits per heavy atom. The number of benzene rings is 4. The van der Waals surface area contributed by atoms with Gasteiger partial charge >= 0.3 is 5.97 Å². The van der Waals surface area contributed by atoms with Crippen molar-refractivity contribution in [3.05, 3.63) is 142 Å². The lowest BCUT2D eigenvalue weighted by atomic mass is 10.1. The Balaban J connectivity index is 1.32. The van der Waals surface area contributed by atoms with Crippen molar-refractivity contribution < 1.29 is 23.9 Å². The van der Waals surface area contributed by atoms with Gasteiger partial charge in [-0.15, -0.1) is 0 Å². The third-order valence-corrected chi connectivity index (χ3v) is 7.11. The highest BCUT2D eigenvalue weighted by Crippen LogP contribution is 2.31. The van der Waals surface area contributed by atoms with Crippen LogP contribution in [0, 0.1) is 0 Å². The molecule has 0 aromatic heterocycles. The Kier molecular flexibility index (Phi) is 8.98. The van der Waals surface area contributed by atoms with E-state index < -0.39 is 17.8 Å². The van der Waals surface area contributed by atoms with Crippen LogP contribution in [0.4, 0.5) is 11.4 Å². The fraction of sp³-hybridized carbons (Fsp3) is 0.118. The zero-order valence-electron chi connectivity index (χ0n) is 23.3. The number of hydrogen-bond acceptors (Lipinski definition) is 6. The van der Waals surface area contributed by atoms with E-state index in [1.807, 2.05) is 60.7 Å². The van der Waals surface area contributed by atoms with E-state index in [1.54, 1.807) is 42.2 Å². The molecule has 3 amide bonds. The van der Waals surface area contributed by atoms with Crippen molar-refractivity contribution in [2.45, 2.75) is 20.0 Å². The number of hydrogen-bond donors (Lipinski definition) is 1. The Hall–Kier alpha value is -5.21. The molecule has 0 atom stereocenters. The van der Waals surface area contributed by atoms with Crippen LogP contribution in [0.25, 0.3) is 0 Å². The number of nitrogens with one attached hydrogen (secondary N) is 1. The van der Waals surface area contributed by atoms with E-state index in [2.05, 4.69) is 5.32 Å². The van der Waals surface area contributed by atoms with E-state index in [0.717, 1.165) is 16.0 Å². The van der Waals surface area contributed by atoms with Gasteiger partial charge in [0.1, 0.15) is 10.7 Å². The normalized spacial score (nSPS) is 12.8. The summed E-state index contributed by atoms with van der Waals surface area (Å²) in [5.74, 6) is -2.12. The summed E-state index contributed by atoms with van der Waals surface area (Å²) >= 11 is 6.30. The fourth-order valence-electron chi connectivity index (χ4n) is 4.66. The van der Waals surface area contributed by atoms with Gasteiger partial charge in [-0.1, -0.05) is 78.3 Å². The number of anilines is 2. The Morgan fingerprint density at radius 1 is 0.767 bits per heavy atom. The molecular formula is C34H28ClN3O5. The molecule has 8 nitrogen and oxygen atoms in total. The molecule has 0 bridgehead atoms. The molecule has 43 heavy (non-hydrogen) atoms. The van der Waals surface area contributed by atoms with Crippen LogP contribution in [0.15, 0.2) is 120 Å². The number of carbonyl (C=O) groups excluding carboxylic acids is 4. The Labute approximate surface area is 254 Å². The molecule has 0 aliphatic carbocycles. The van der Waals surface area contributed by atoms with Gasteiger partial charge in [-0.25, -0.2) is 9.69 Å². The molecule has 0 saturated heterocycles. The lowest BCUT2D eigenvalue weighted by molar-refractivity contribution is -0.120. The second-order valence-corrected chi connectivity index (χ2v) is 10.1. The summed E-state index contributed by atoms with van der Waals surface area (Å²) < 4.78 is 5.02. The molecule has 0 spiro atoms. The second kappa shape index (κ2) is 13.2. The highest BCUT2D eigenvalue weighted by molar-refractivity contribution is 6.53. The van der Waals surface area contributed by atoms with Crippen LogP contribution in [0.5, 0.6) is 0 Å². The van der Waals surface area contributed by atoms with Gasteiger partial charge in [-0.05, 0) is 60.5 Å². The van der Waals surface area contributed by atoms with E-state index in [0.29, 0.717) is 24.3 Å². The van der Waals surface area contributed by atoms with Gasteiger partial charge in [0, 0.05) is 24.3 Å². The maximum atomic E-state index is 13.6. The van der Waals surface area contributed by atoms with Crippen molar-refractivity contribution in [2.75, 3.05) is 16.8 Å². The summed E-state index contributed by atoms with van der Waals surface area (Å²) in [5.41, 5.74) is 3.22. The number of esters is 1. The zero-order chi connectivity index (χ0) is 30.3. The van der Waals surface area contributed by atoms with Gasteiger partial charge in [0.25, 0.3) is 17.7 Å². The highest BCUT2D eigenvalue weighted by Gasteiger charge is 2.39. The number of amides is 3. The maximum Gasteiger partial charge on any atom is 0.338 e. The smallest absolute Gasteiger partial charge is 0.338 e. The second-order valence-electron chi connectivity index (χ2n) is 9.74. The monoisotopic (exact) mass is 593 g/mol. The molecule has 0 radical (unpaired) electrons. The highest BCUT2D eigenvalue weighted by atomic mass is 35.5. The fourth-order valence-corrected chi connectivity index (χ4v) is 4.88. The van der Waals surface area contributed by atoms with Crippen molar-refractivity contribution in [3.63, 3.8) is 0 Å². The van der Waals surface area contributed by atoms with Gasteiger partial charge in [0.2, 0.25) is 0 Å². The topological polar surface area (TPSA) is 96.0 Å². The van der Waals surface area contributed by atoms with Crippen LogP contribution in [0.2, 0.25) is 0 Å². The lowest BCUT2D eigenvalue weighted by Crippen LogP contribution is -2.32. The third kappa shape index (κ3) is 6.66. The minimum atomic E-state index is -0.723. The van der Waals surface area contributed by atoms with Gasteiger partial charge < -0.3 is 15.0 Å². The van der Waals surface area contributed by atoms with E-state index in [4.69, 9.17) is 16.3 Å². The molecule has 4 aromatic carbocycles. The van der Waals surface area contributed by atoms with Crippen LogP contribution in [-0.4, -0.2) is 35.2 Å². The molecule has 1 heterocycles. The number of nitrogens with zero attached hydrogens (tertiary/aromatic N) is 2. The van der Waals surface area contributed by atoms with Crippen LogP contribution in [0.1, 0.15) is 38.8 Å². The molecule has 0 fully saturated rings. The number of rotatable bonds is 10.